The number of hydrogen-bond donors (Lipinski definition) is 1. The van der Waals surface area contributed by atoms with Gasteiger partial charge in [0.1, 0.15) is 0 Å². The van der Waals surface area contributed by atoms with E-state index in [4.69, 9.17) is 0 Å². The molecule has 1 N–H and O–H groups in total. The van der Waals surface area contributed by atoms with Crippen LogP contribution in [0.3, 0.4) is 0 Å². The van der Waals surface area contributed by atoms with E-state index < -0.39 is 0 Å². The van der Waals surface area contributed by atoms with Crippen LogP contribution in [0.5, 0.6) is 0 Å². The summed E-state index contributed by atoms with van der Waals surface area (Å²) in [6.07, 6.45) is 0. The lowest BCUT2D eigenvalue weighted by atomic mass is 10.0. The zero-order chi connectivity index (χ0) is 23.3. The van der Waals surface area contributed by atoms with Crippen molar-refractivity contribution in [2.75, 3.05) is 39.0 Å². The van der Waals surface area contributed by atoms with Crippen molar-refractivity contribution < 1.29 is 9.59 Å². The van der Waals surface area contributed by atoms with Crippen LogP contribution in [0, 0.1) is 12.8 Å². The van der Waals surface area contributed by atoms with Gasteiger partial charge in [-0.1, -0.05) is 43.3 Å². The first-order valence-corrected chi connectivity index (χ1v) is 12.2. The molecule has 0 saturated carbocycles. The van der Waals surface area contributed by atoms with E-state index >= 15 is 0 Å². The standard InChI is InChI=1S/C23H34N6O2S/c1-6-29-21(20(16(2)3)24-22(31)18-9-7-17(4)8-10-18)25-26-23(29)32-15-19(30)28-13-11-27(5)12-14-28/h7-10,16,20H,6,11-15H2,1-5H3,(H,24,31). The normalized spacial score (nSPS) is 15.8. The van der Waals surface area contributed by atoms with Crippen molar-refractivity contribution in [3.63, 3.8) is 0 Å². The van der Waals surface area contributed by atoms with E-state index in [1.54, 1.807) is 0 Å². The van der Waals surface area contributed by atoms with E-state index in [1.807, 2.05) is 47.6 Å². The number of nitrogens with one attached hydrogen (secondary N) is 1. The number of aryl methyl sites for hydroxylation is 1. The number of piperazine rings is 1. The summed E-state index contributed by atoms with van der Waals surface area (Å²) in [6, 6.07) is 7.24. The number of likely N-dealkylation sites (N-methyl/N-ethyl adjacent to an activating group) is 1. The summed E-state index contributed by atoms with van der Waals surface area (Å²) in [6.45, 7) is 12.1. The van der Waals surface area contributed by atoms with Gasteiger partial charge in [-0.3, -0.25) is 9.59 Å². The van der Waals surface area contributed by atoms with Crippen molar-refractivity contribution >= 4 is 23.6 Å². The van der Waals surface area contributed by atoms with Gasteiger partial charge in [0.05, 0.1) is 11.8 Å². The van der Waals surface area contributed by atoms with Gasteiger partial charge in [-0.25, -0.2) is 0 Å². The van der Waals surface area contributed by atoms with Crippen molar-refractivity contribution in [1.82, 2.24) is 29.9 Å². The SMILES string of the molecule is CCn1c(SCC(=O)N2CCN(C)CC2)nnc1C(NC(=O)c1ccc(C)cc1)C(C)C. The Labute approximate surface area is 194 Å². The van der Waals surface area contributed by atoms with Gasteiger partial charge in [0.2, 0.25) is 5.91 Å². The molecule has 0 spiro atoms. The van der Waals surface area contributed by atoms with Gasteiger partial charge in [-0.15, -0.1) is 10.2 Å². The lowest BCUT2D eigenvalue weighted by molar-refractivity contribution is -0.129. The zero-order valence-corrected chi connectivity index (χ0v) is 20.5. The molecule has 2 amide bonds. The van der Waals surface area contributed by atoms with Crippen LogP contribution in [0.2, 0.25) is 0 Å². The third kappa shape index (κ3) is 5.89. The van der Waals surface area contributed by atoms with Crippen molar-refractivity contribution in [2.24, 2.45) is 5.92 Å². The Morgan fingerprint density at radius 3 is 2.34 bits per heavy atom. The summed E-state index contributed by atoms with van der Waals surface area (Å²) in [5.41, 5.74) is 1.73. The Morgan fingerprint density at radius 1 is 1.09 bits per heavy atom. The van der Waals surface area contributed by atoms with Crippen molar-refractivity contribution in [1.29, 1.82) is 0 Å². The number of thioether (sulfide) groups is 1. The second-order valence-electron chi connectivity index (χ2n) is 8.62. The largest absolute Gasteiger partial charge is 0.342 e. The first-order chi connectivity index (χ1) is 15.3. The summed E-state index contributed by atoms with van der Waals surface area (Å²) in [7, 11) is 2.07. The third-order valence-electron chi connectivity index (χ3n) is 5.79. The summed E-state index contributed by atoms with van der Waals surface area (Å²) in [5, 5.41) is 12.6. The Hall–Kier alpha value is -2.39. The Balaban J connectivity index is 1.70. The van der Waals surface area contributed by atoms with Crippen molar-refractivity contribution in [3.05, 3.63) is 41.2 Å². The molecule has 9 heteroatoms. The lowest BCUT2D eigenvalue weighted by Crippen LogP contribution is -2.47. The molecule has 2 aromatic rings. The van der Waals surface area contributed by atoms with Crippen LogP contribution in [0.15, 0.2) is 29.4 Å². The summed E-state index contributed by atoms with van der Waals surface area (Å²) in [5.74, 6) is 1.18. The van der Waals surface area contributed by atoms with E-state index in [0.29, 0.717) is 23.0 Å². The Bertz CT molecular complexity index is 919. The van der Waals surface area contributed by atoms with Gasteiger partial charge in [-0.05, 0) is 38.9 Å². The zero-order valence-electron chi connectivity index (χ0n) is 19.7. The average Bonchev–Trinajstić information content (AvgIpc) is 3.18. The molecular formula is C23H34N6O2S. The van der Waals surface area contributed by atoms with Crippen molar-refractivity contribution in [3.8, 4) is 0 Å². The predicted octanol–water partition coefficient (Wildman–Crippen LogP) is 2.60. The maximum Gasteiger partial charge on any atom is 0.251 e. The molecule has 0 radical (unpaired) electrons. The number of amides is 2. The van der Waals surface area contributed by atoms with Gasteiger partial charge in [-0.2, -0.15) is 0 Å². The topological polar surface area (TPSA) is 83.4 Å². The highest BCUT2D eigenvalue weighted by atomic mass is 32.2. The fraction of sp³-hybridized carbons (Fsp3) is 0.565. The number of hydrogen-bond acceptors (Lipinski definition) is 6. The number of rotatable bonds is 8. The molecule has 174 valence electrons. The smallest absolute Gasteiger partial charge is 0.251 e. The van der Waals surface area contributed by atoms with Gasteiger partial charge < -0.3 is 19.7 Å². The highest BCUT2D eigenvalue weighted by Crippen LogP contribution is 2.26. The maximum atomic E-state index is 12.8. The monoisotopic (exact) mass is 458 g/mol. The Morgan fingerprint density at radius 2 is 1.75 bits per heavy atom. The maximum absolute atomic E-state index is 12.8. The molecule has 1 aliphatic heterocycles. The molecule has 1 atom stereocenters. The fourth-order valence-corrected chi connectivity index (χ4v) is 4.58. The minimum Gasteiger partial charge on any atom is -0.342 e. The molecule has 32 heavy (non-hydrogen) atoms. The quantitative estimate of drug-likeness (QED) is 0.612. The molecule has 1 fully saturated rings. The van der Waals surface area contributed by atoms with E-state index in [0.717, 1.165) is 37.6 Å². The predicted molar refractivity (Wildman–Crippen MR) is 127 cm³/mol. The minimum absolute atomic E-state index is 0.128. The van der Waals surface area contributed by atoms with E-state index in [9.17, 15) is 9.59 Å². The van der Waals surface area contributed by atoms with Gasteiger partial charge in [0.15, 0.2) is 11.0 Å². The van der Waals surface area contributed by atoms with Gasteiger partial charge in [0.25, 0.3) is 5.91 Å². The van der Waals surface area contributed by atoms with Crippen LogP contribution in [-0.2, 0) is 11.3 Å². The highest BCUT2D eigenvalue weighted by molar-refractivity contribution is 7.99. The summed E-state index contributed by atoms with van der Waals surface area (Å²) < 4.78 is 2.00. The van der Waals surface area contributed by atoms with Crippen molar-refractivity contribution in [2.45, 2.75) is 45.4 Å². The van der Waals surface area contributed by atoms with Gasteiger partial charge >= 0.3 is 0 Å². The van der Waals surface area contributed by atoms with Crippen LogP contribution in [-0.4, -0.2) is 75.4 Å². The fourth-order valence-electron chi connectivity index (χ4n) is 3.67. The summed E-state index contributed by atoms with van der Waals surface area (Å²) >= 11 is 1.41. The first-order valence-electron chi connectivity index (χ1n) is 11.2. The van der Waals surface area contributed by atoms with Crippen LogP contribution in [0.1, 0.15) is 48.6 Å². The Kier molecular flexibility index (Phi) is 8.31. The molecule has 1 aromatic carbocycles. The molecular weight excluding hydrogens is 424 g/mol. The second-order valence-corrected chi connectivity index (χ2v) is 9.56. The first kappa shape index (κ1) is 24.3. The molecule has 1 saturated heterocycles. The van der Waals surface area contributed by atoms with Crippen LogP contribution >= 0.6 is 11.8 Å². The minimum atomic E-state index is -0.279. The van der Waals surface area contributed by atoms with Crippen LogP contribution < -0.4 is 5.32 Å². The molecule has 2 heterocycles. The molecule has 1 aromatic heterocycles. The third-order valence-corrected chi connectivity index (χ3v) is 6.74. The molecule has 1 unspecified atom stereocenters. The van der Waals surface area contributed by atoms with E-state index in [1.165, 1.54) is 11.8 Å². The number of carbonyl (C=O) groups is 2. The molecule has 8 nitrogen and oxygen atoms in total. The number of benzene rings is 1. The lowest BCUT2D eigenvalue weighted by Gasteiger charge is -2.32. The number of nitrogens with zero attached hydrogens (tertiary/aromatic N) is 5. The van der Waals surface area contributed by atoms with Crippen LogP contribution in [0.25, 0.3) is 0 Å². The highest BCUT2D eigenvalue weighted by Gasteiger charge is 2.27. The molecule has 3 rings (SSSR count). The number of aromatic nitrogens is 3. The molecule has 0 aliphatic carbocycles. The van der Waals surface area contributed by atoms with Crippen LogP contribution in [0.4, 0.5) is 0 Å². The van der Waals surface area contributed by atoms with Gasteiger partial charge in [0, 0.05) is 38.3 Å². The van der Waals surface area contributed by atoms with E-state index in [-0.39, 0.29) is 23.8 Å². The van der Waals surface area contributed by atoms with E-state index in [2.05, 4.69) is 41.3 Å². The molecule has 1 aliphatic rings. The molecule has 0 bridgehead atoms. The number of carbonyl (C=O) groups excluding carboxylic acids is 2. The average molecular weight is 459 g/mol. The second kappa shape index (κ2) is 11.0. The summed E-state index contributed by atoms with van der Waals surface area (Å²) in [4.78, 5) is 29.6.